The molecule has 0 bridgehead atoms. The summed E-state index contributed by atoms with van der Waals surface area (Å²) < 4.78 is 1.01. The molecule has 0 spiro atoms. The maximum absolute atomic E-state index is 12.1. The van der Waals surface area contributed by atoms with E-state index in [1.165, 1.54) is 23.5 Å². The molecule has 6 nitrogen and oxygen atoms in total. The second kappa shape index (κ2) is 6.48. The number of carbonyl (C=O) groups excluding carboxylic acids is 1. The van der Waals surface area contributed by atoms with Gasteiger partial charge in [-0.15, -0.1) is 22.7 Å². The van der Waals surface area contributed by atoms with Gasteiger partial charge in [0.1, 0.15) is 0 Å². The standard InChI is InChI=1S/C13H8BrN3O3S3/c1-6-11(7-2-4-9(14)22-7)15-13(21-6)16-12(18)8-3-5-10(23-8)17(19)20/h2-5H,1H3,(H,15,16,18). The molecule has 3 aromatic rings. The number of rotatable bonds is 4. The average molecular weight is 430 g/mol. The third-order valence-corrected chi connectivity index (χ3v) is 6.37. The largest absolute Gasteiger partial charge is 0.324 e. The number of aromatic nitrogens is 1. The molecular formula is C13H8BrN3O3S3. The van der Waals surface area contributed by atoms with Gasteiger partial charge in [-0.05, 0) is 41.1 Å². The fraction of sp³-hybridized carbons (Fsp3) is 0.0769. The average Bonchev–Trinajstić information content (AvgIpc) is 3.18. The lowest BCUT2D eigenvalue weighted by Gasteiger charge is -1.97. The van der Waals surface area contributed by atoms with E-state index < -0.39 is 10.8 Å². The van der Waals surface area contributed by atoms with Crippen LogP contribution in [0, 0.1) is 17.0 Å². The Bertz CT molecular complexity index is 899. The van der Waals surface area contributed by atoms with Gasteiger partial charge in [-0.3, -0.25) is 20.2 Å². The van der Waals surface area contributed by atoms with Crippen LogP contribution in [0.5, 0.6) is 0 Å². The lowest BCUT2D eigenvalue weighted by molar-refractivity contribution is -0.380. The zero-order valence-electron chi connectivity index (χ0n) is 11.5. The molecule has 0 unspecified atom stereocenters. The summed E-state index contributed by atoms with van der Waals surface area (Å²) in [5.74, 6) is -0.393. The number of halogens is 1. The van der Waals surface area contributed by atoms with E-state index in [2.05, 4.69) is 26.2 Å². The highest BCUT2D eigenvalue weighted by Gasteiger charge is 2.18. The van der Waals surface area contributed by atoms with Crippen LogP contribution in [-0.4, -0.2) is 15.8 Å². The van der Waals surface area contributed by atoms with Gasteiger partial charge in [0.05, 0.1) is 24.2 Å². The SMILES string of the molecule is Cc1sc(NC(=O)c2ccc([N+](=O)[O-])s2)nc1-c1ccc(Br)s1. The first-order valence-electron chi connectivity index (χ1n) is 6.23. The van der Waals surface area contributed by atoms with E-state index in [9.17, 15) is 14.9 Å². The molecule has 0 aliphatic rings. The van der Waals surface area contributed by atoms with Crippen molar-refractivity contribution < 1.29 is 9.72 Å². The molecule has 0 saturated carbocycles. The van der Waals surface area contributed by atoms with Crippen molar-refractivity contribution >= 4 is 66.0 Å². The van der Waals surface area contributed by atoms with Crippen molar-refractivity contribution in [3.8, 4) is 10.6 Å². The van der Waals surface area contributed by atoms with Gasteiger partial charge in [0.15, 0.2) is 5.13 Å². The Hall–Kier alpha value is -1.62. The van der Waals surface area contributed by atoms with Crippen molar-refractivity contribution in [2.75, 3.05) is 5.32 Å². The molecule has 1 amide bonds. The van der Waals surface area contributed by atoms with Crippen LogP contribution in [0.25, 0.3) is 10.6 Å². The maximum atomic E-state index is 12.1. The Kier molecular flexibility index (Phi) is 4.57. The van der Waals surface area contributed by atoms with E-state index in [1.807, 2.05) is 19.1 Å². The Labute approximate surface area is 151 Å². The molecule has 0 aromatic carbocycles. The van der Waals surface area contributed by atoms with Gasteiger partial charge in [0, 0.05) is 10.9 Å². The van der Waals surface area contributed by atoms with Gasteiger partial charge in [-0.1, -0.05) is 11.3 Å². The molecule has 0 saturated heterocycles. The minimum Gasteiger partial charge on any atom is -0.297 e. The highest BCUT2D eigenvalue weighted by molar-refractivity contribution is 9.11. The van der Waals surface area contributed by atoms with Crippen molar-refractivity contribution in [2.24, 2.45) is 0 Å². The number of amides is 1. The molecule has 0 aliphatic heterocycles. The minimum atomic E-state index is -0.512. The molecule has 3 heterocycles. The summed E-state index contributed by atoms with van der Waals surface area (Å²) >= 11 is 7.20. The van der Waals surface area contributed by atoms with Gasteiger partial charge in [0.2, 0.25) is 0 Å². The van der Waals surface area contributed by atoms with E-state index in [0.717, 1.165) is 30.6 Å². The fourth-order valence-electron chi connectivity index (χ4n) is 1.83. The Morgan fingerprint density at radius 2 is 2.04 bits per heavy atom. The van der Waals surface area contributed by atoms with Crippen molar-refractivity contribution in [3.05, 3.63) is 47.9 Å². The van der Waals surface area contributed by atoms with Gasteiger partial charge in [-0.2, -0.15) is 0 Å². The number of thiazole rings is 1. The number of hydrogen-bond acceptors (Lipinski definition) is 7. The first kappa shape index (κ1) is 16.2. The molecular weight excluding hydrogens is 422 g/mol. The van der Waals surface area contributed by atoms with Gasteiger partial charge in [-0.25, -0.2) is 4.98 Å². The number of nitrogens with one attached hydrogen (secondary N) is 1. The van der Waals surface area contributed by atoms with Crippen LogP contribution in [0.4, 0.5) is 10.1 Å². The summed E-state index contributed by atoms with van der Waals surface area (Å²) in [6.07, 6.45) is 0. The van der Waals surface area contributed by atoms with Crippen molar-refractivity contribution in [2.45, 2.75) is 6.92 Å². The van der Waals surface area contributed by atoms with Crippen LogP contribution in [0.15, 0.2) is 28.1 Å². The Morgan fingerprint density at radius 1 is 1.26 bits per heavy atom. The number of thiophene rings is 2. The predicted molar refractivity (Wildman–Crippen MR) is 96.8 cm³/mol. The van der Waals surface area contributed by atoms with E-state index in [0.29, 0.717) is 5.13 Å². The number of anilines is 1. The highest BCUT2D eigenvalue weighted by atomic mass is 79.9. The number of hydrogen-bond donors (Lipinski definition) is 1. The van der Waals surface area contributed by atoms with Crippen LogP contribution in [0.1, 0.15) is 14.5 Å². The Morgan fingerprint density at radius 3 is 2.65 bits per heavy atom. The highest BCUT2D eigenvalue weighted by Crippen LogP contribution is 2.36. The smallest absolute Gasteiger partial charge is 0.297 e. The summed E-state index contributed by atoms with van der Waals surface area (Å²) in [4.78, 5) is 29.0. The monoisotopic (exact) mass is 429 g/mol. The normalized spacial score (nSPS) is 10.7. The predicted octanol–water partition coefficient (Wildman–Crippen LogP) is 5.16. The number of nitro groups is 1. The topological polar surface area (TPSA) is 85.1 Å². The summed E-state index contributed by atoms with van der Waals surface area (Å²) in [5, 5.41) is 13.8. The molecule has 0 atom stereocenters. The van der Waals surface area contributed by atoms with Crippen LogP contribution in [0.2, 0.25) is 0 Å². The van der Waals surface area contributed by atoms with Crippen molar-refractivity contribution in [3.63, 3.8) is 0 Å². The van der Waals surface area contributed by atoms with Crippen LogP contribution < -0.4 is 5.32 Å². The minimum absolute atomic E-state index is 0.0606. The summed E-state index contributed by atoms with van der Waals surface area (Å²) in [6, 6.07) is 6.67. The Balaban J connectivity index is 1.80. The maximum Gasteiger partial charge on any atom is 0.324 e. The summed E-state index contributed by atoms with van der Waals surface area (Å²) in [7, 11) is 0. The quantitative estimate of drug-likeness (QED) is 0.458. The zero-order valence-corrected chi connectivity index (χ0v) is 15.6. The molecule has 23 heavy (non-hydrogen) atoms. The van der Waals surface area contributed by atoms with Crippen LogP contribution in [-0.2, 0) is 0 Å². The molecule has 0 fully saturated rings. The molecule has 0 aliphatic carbocycles. The van der Waals surface area contributed by atoms with Crippen molar-refractivity contribution in [1.82, 2.24) is 4.98 Å². The first-order chi connectivity index (χ1) is 10.9. The lowest BCUT2D eigenvalue weighted by Crippen LogP contribution is -2.09. The lowest BCUT2D eigenvalue weighted by atomic mass is 10.3. The second-order valence-electron chi connectivity index (χ2n) is 4.38. The molecule has 3 aromatic heterocycles. The molecule has 3 rings (SSSR count). The summed E-state index contributed by atoms with van der Waals surface area (Å²) in [6.45, 7) is 1.94. The number of aryl methyl sites for hydroxylation is 1. The van der Waals surface area contributed by atoms with E-state index >= 15 is 0 Å². The van der Waals surface area contributed by atoms with E-state index in [1.54, 1.807) is 11.3 Å². The number of carbonyl (C=O) groups is 1. The fourth-order valence-corrected chi connectivity index (χ4v) is 4.86. The molecule has 0 radical (unpaired) electrons. The first-order valence-corrected chi connectivity index (χ1v) is 9.47. The van der Waals surface area contributed by atoms with Crippen LogP contribution in [0.3, 0.4) is 0 Å². The number of nitrogens with zero attached hydrogens (tertiary/aromatic N) is 2. The van der Waals surface area contributed by atoms with E-state index in [4.69, 9.17) is 0 Å². The van der Waals surface area contributed by atoms with Crippen molar-refractivity contribution in [1.29, 1.82) is 0 Å². The van der Waals surface area contributed by atoms with Crippen LogP contribution >= 0.6 is 49.9 Å². The van der Waals surface area contributed by atoms with Gasteiger partial charge in [0.25, 0.3) is 5.91 Å². The third kappa shape index (κ3) is 3.50. The van der Waals surface area contributed by atoms with Gasteiger partial charge >= 0.3 is 5.00 Å². The molecule has 118 valence electrons. The summed E-state index contributed by atoms with van der Waals surface area (Å²) in [5.41, 5.74) is 0.832. The molecule has 1 N–H and O–H groups in total. The van der Waals surface area contributed by atoms with E-state index in [-0.39, 0.29) is 9.88 Å². The molecule has 10 heteroatoms. The van der Waals surface area contributed by atoms with Gasteiger partial charge < -0.3 is 0 Å². The second-order valence-corrected chi connectivity index (χ2v) is 9.11. The zero-order chi connectivity index (χ0) is 16.6. The third-order valence-electron chi connectivity index (χ3n) is 2.82.